The van der Waals surface area contributed by atoms with E-state index in [9.17, 15) is 4.79 Å². The van der Waals surface area contributed by atoms with Crippen LogP contribution in [0.2, 0.25) is 0 Å². The molecule has 1 aromatic heterocycles. The minimum absolute atomic E-state index is 0.0954. The average molecular weight is 484 g/mol. The molecule has 0 fully saturated rings. The van der Waals surface area contributed by atoms with E-state index in [-0.39, 0.29) is 22.5 Å². The number of anilines is 1. The van der Waals surface area contributed by atoms with E-state index < -0.39 is 0 Å². The molecular weight excluding hydrogens is 446 g/mol. The minimum atomic E-state index is -0.214. The summed E-state index contributed by atoms with van der Waals surface area (Å²) in [5, 5.41) is 9.00. The summed E-state index contributed by atoms with van der Waals surface area (Å²) < 4.78 is 7.51. The molecule has 5 heteroatoms. The number of hydrogen-bond acceptors (Lipinski definition) is 4. The lowest BCUT2D eigenvalue weighted by Gasteiger charge is -2.39. The maximum atomic E-state index is 13.7. The average Bonchev–Trinajstić information content (AvgIpc) is 3.18. The summed E-state index contributed by atoms with van der Waals surface area (Å²) in [5.41, 5.74) is 8.29. The number of aromatic nitrogens is 2. The van der Waals surface area contributed by atoms with Crippen molar-refractivity contribution in [2.75, 3.05) is 12.4 Å². The number of carbonyl (C=O) groups excluding carboxylic acids is 1. The van der Waals surface area contributed by atoms with Crippen LogP contribution < -0.4 is 10.1 Å². The van der Waals surface area contributed by atoms with E-state index >= 15 is 0 Å². The third-order valence-electron chi connectivity index (χ3n) is 7.65. The number of ether oxygens (including phenoxy) is 1. The Balaban J connectivity index is 1.83. The lowest BCUT2D eigenvalue weighted by Crippen LogP contribution is -2.34. The van der Waals surface area contributed by atoms with Gasteiger partial charge in [0.05, 0.1) is 18.5 Å². The molecule has 188 valence electrons. The molecule has 0 saturated carbocycles. The quantitative estimate of drug-likeness (QED) is 0.436. The van der Waals surface area contributed by atoms with Crippen molar-refractivity contribution in [3.8, 4) is 11.4 Å². The van der Waals surface area contributed by atoms with E-state index in [2.05, 4.69) is 88.8 Å². The fourth-order valence-electron chi connectivity index (χ4n) is 5.72. The van der Waals surface area contributed by atoms with Gasteiger partial charge in [0.15, 0.2) is 5.78 Å². The number of allylic oxidation sites excluding steroid dienone is 2. The van der Waals surface area contributed by atoms with Crippen LogP contribution in [0.3, 0.4) is 0 Å². The Labute approximate surface area is 214 Å². The number of aryl methyl sites for hydroxylation is 1. The third kappa shape index (κ3) is 3.95. The maximum Gasteiger partial charge on any atom is 0.162 e. The summed E-state index contributed by atoms with van der Waals surface area (Å²) in [4.78, 5) is 13.7. The van der Waals surface area contributed by atoms with Gasteiger partial charge in [-0.05, 0) is 60.6 Å². The molecule has 3 aromatic rings. The second kappa shape index (κ2) is 8.36. The second-order valence-electron chi connectivity index (χ2n) is 12.2. The topological polar surface area (TPSA) is 56.1 Å². The lowest BCUT2D eigenvalue weighted by atomic mass is 9.68. The minimum Gasteiger partial charge on any atom is -0.497 e. The highest BCUT2D eigenvalue weighted by molar-refractivity contribution is 6.01. The molecule has 5 nitrogen and oxygen atoms in total. The Bertz CT molecular complexity index is 1380. The summed E-state index contributed by atoms with van der Waals surface area (Å²) >= 11 is 0. The van der Waals surface area contributed by atoms with Gasteiger partial charge in [0.2, 0.25) is 0 Å². The predicted molar refractivity (Wildman–Crippen MR) is 145 cm³/mol. The molecule has 0 bridgehead atoms. The Morgan fingerprint density at radius 2 is 1.75 bits per heavy atom. The van der Waals surface area contributed by atoms with Gasteiger partial charge in [-0.3, -0.25) is 4.79 Å². The van der Waals surface area contributed by atoms with Crippen LogP contribution in [0, 0.1) is 19.3 Å². The number of nitrogens with one attached hydrogen (secondary N) is 1. The highest BCUT2D eigenvalue weighted by Crippen LogP contribution is 2.52. The molecule has 1 atom stereocenters. The number of Topliss-reactive ketones (excluding diaryl/α,β-unsaturated/α-hetero) is 1. The van der Waals surface area contributed by atoms with Gasteiger partial charge in [-0.2, -0.15) is 5.10 Å². The van der Waals surface area contributed by atoms with Crippen LogP contribution in [0.5, 0.6) is 5.75 Å². The number of rotatable bonds is 3. The standard InChI is InChI=1S/C31H37N3O2/c1-18-10-9-11-23(19(18)2)34-29-27(28(33-34)30(3,4)5)25(20-12-14-21(36-8)15-13-20)26-22(32-29)16-31(6,7)17-24(26)35/h9-15,25,32H,16-17H2,1-8H3. The zero-order chi connectivity index (χ0) is 26.0. The van der Waals surface area contributed by atoms with Gasteiger partial charge >= 0.3 is 0 Å². The SMILES string of the molecule is COc1ccc(C2C3=C(CC(C)(C)CC3=O)Nc3c2c(C(C)(C)C)nn3-c2cccc(C)c2C)cc1. The molecule has 1 aliphatic carbocycles. The number of ketones is 1. The van der Waals surface area contributed by atoms with E-state index in [1.54, 1.807) is 7.11 Å². The number of fused-ring (bicyclic) bond motifs is 1. The summed E-state index contributed by atoms with van der Waals surface area (Å²) in [6.07, 6.45) is 1.37. The number of hydrogen-bond donors (Lipinski definition) is 1. The van der Waals surface area contributed by atoms with Crippen LogP contribution >= 0.6 is 0 Å². The zero-order valence-corrected chi connectivity index (χ0v) is 22.7. The number of methoxy groups -OCH3 is 1. The molecule has 1 N–H and O–H groups in total. The van der Waals surface area contributed by atoms with Gasteiger partial charge in [0.25, 0.3) is 0 Å². The third-order valence-corrected chi connectivity index (χ3v) is 7.65. The number of carbonyl (C=O) groups is 1. The van der Waals surface area contributed by atoms with Crippen molar-refractivity contribution in [3.05, 3.63) is 81.7 Å². The normalized spacial score (nSPS) is 19.0. The van der Waals surface area contributed by atoms with Crippen LogP contribution in [0.25, 0.3) is 5.69 Å². The van der Waals surface area contributed by atoms with Crippen LogP contribution in [-0.4, -0.2) is 22.7 Å². The monoisotopic (exact) mass is 483 g/mol. The van der Waals surface area contributed by atoms with Crippen LogP contribution in [0.4, 0.5) is 5.82 Å². The molecule has 1 aliphatic heterocycles. The fraction of sp³-hybridized carbons (Fsp3) is 0.419. The van der Waals surface area contributed by atoms with Crippen molar-refractivity contribution in [1.82, 2.24) is 9.78 Å². The molecule has 1 unspecified atom stereocenters. The van der Waals surface area contributed by atoms with Crippen molar-refractivity contribution in [2.45, 2.75) is 72.6 Å². The first-order chi connectivity index (χ1) is 16.9. The molecule has 0 radical (unpaired) electrons. The summed E-state index contributed by atoms with van der Waals surface area (Å²) in [5.74, 6) is 1.82. The van der Waals surface area contributed by atoms with Crippen LogP contribution in [-0.2, 0) is 10.2 Å². The number of nitrogens with zero attached hydrogens (tertiary/aromatic N) is 2. The van der Waals surface area contributed by atoms with E-state index in [0.717, 1.165) is 51.8 Å². The first-order valence-corrected chi connectivity index (χ1v) is 12.8. The Hall–Kier alpha value is -3.34. The number of benzene rings is 2. The highest BCUT2D eigenvalue weighted by Gasteiger charge is 2.44. The molecule has 0 amide bonds. The molecule has 36 heavy (non-hydrogen) atoms. The van der Waals surface area contributed by atoms with Crippen molar-refractivity contribution < 1.29 is 9.53 Å². The summed E-state index contributed by atoms with van der Waals surface area (Å²) in [6, 6.07) is 14.5. The van der Waals surface area contributed by atoms with Crippen LogP contribution in [0.15, 0.2) is 53.7 Å². The molecule has 0 spiro atoms. The molecule has 2 aliphatic rings. The van der Waals surface area contributed by atoms with Crippen LogP contribution in [0.1, 0.15) is 81.3 Å². The largest absolute Gasteiger partial charge is 0.497 e. The summed E-state index contributed by atoms with van der Waals surface area (Å²) in [6.45, 7) is 15.2. The van der Waals surface area contributed by atoms with Gasteiger partial charge in [-0.1, -0.05) is 58.9 Å². The Morgan fingerprint density at radius 3 is 2.39 bits per heavy atom. The van der Waals surface area contributed by atoms with Crippen molar-refractivity contribution in [1.29, 1.82) is 0 Å². The lowest BCUT2D eigenvalue weighted by molar-refractivity contribution is -0.118. The van der Waals surface area contributed by atoms with Gasteiger partial charge in [-0.25, -0.2) is 4.68 Å². The predicted octanol–water partition coefficient (Wildman–Crippen LogP) is 7.00. The second-order valence-corrected chi connectivity index (χ2v) is 12.2. The van der Waals surface area contributed by atoms with Gasteiger partial charge in [0, 0.05) is 34.6 Å². The van der Waals surface area contributed by atoms with Gasteiger partial charge in [-0.15, -0.1) is 0 Å². The first kappa shape index (κ1) is 24.4. The Kier molecular flexibility index (Phi) is 5.66. The Morgan fingerprint density at radius 1 is 1.06 bits per heavy atom. The molecule has 2 heterocycles. The van der Waals surface area contributed by atoms with E-state index in [4.69, 9.17) is 9.84 Å². The highest BCUT2D eigenvalue weighted by atomic mass is 16.5. The molecule has 5 rings (SSSR count). The summed E-state index contributed by atoms with van der Waals surface area (Å²) in [7, 11) is 1.68. The van der Waals surface area contributed by atoms with Crippen molar-refractivity contribution >= 4 is 11.6 Å². The van der Waals surface area contributed by atoms with Crippen molar-refractivity contribution in [2.24, 2.45) is 5.41 Å². The smallest absolute Gasteiger partial charge is 0.162 e. The van der Waals surface area contributed by atoms with Gasteiger partial charge in [0.1, 0.15) is 11.6 Å². The molecular formula is C31H37N3O2. The molecule has 2 aromatic carbocycles. The van der Waals surface area contributed by atoms with Gasteiger partial charge < -0.3 is 10.1 Å². The molecule has 0 saturated heterocycles. The van der Waals surface area contributed by atoms with E-state index in [1.807, 2.05) is 12.1 Å². The zero-order valence-electron chi connectivity index (χ0n) is 22.7. The van der Waals surface area contributed by atoms with E-state index in [0.29, 0.717) is 6.42 Å². The maximum absolute atomic E-state index is 13.7. The fourth-order valence-corrected chi connectivity index (χ4v) is 5.72. The van der Waals surface area contributed by atoms with E-state index in [1.165, 1.54) is 11.1 Å². The van der Waals surface area contributed by atoms with Crippen molar-refractivity contribution in [3.63, 3.8) is 0 Å². The first-order valence-electron chi connectivity index (χ1n) is 12.8.